The molecule has 0 saturated carbocycles. The predicted molar refractivity (Wildman–Crippen MR) is 68.7 cm³/mol. The van der Waals surface area contributed by atoms with E-state index in [4.69, 9.17) is 0 Å². The predicted octanol–water partition coefficient (Wildman–Crippen LogP) is 2.62. The Bertz CT molecular complexity index is 487. The van der Waals surface area contributed by atoms with E-state index in [9.17, 15) is 19.7 Å². The molecule has 5 nitrogen and oxygen atoms in total. The summed E-state index contributed by atoms with van der Waals surface area (Å²) in [5.74, 6) is -0.504. The summed E-state index contributed by atoms with van der Waals surface area (Å²) in [5.41, 5.74) is -0.0855. The first-order chi connectivity index (χ1) is 8.47. The number of para-hydroxylation sites is 1. The van der Waals surface area contributed by atoms with Crippen molar-refractivity contribution in [3.63, 3.8) is 0 Å². The zero-order chi connectivity index (χ0) is 13.7. The number of nitrogens with zero attached hydrogens (tertiary/aromatic N) is 1. The van der Waals surface area contributed by atoms with Crippen LogP contribution < -0.4 is 0 Å². The molecule has 0 saturated heterocycles. The van der Waals surface area contributed by atoms with Crippen molar-refractivity contribution < 1.29 is 14.5 Å². The van der Waals surface area contributed by atoms with E-state index in [1.165, 1.54) is 13.0 Å². The van der Waals surface area contributed by atoms with Gasteiger partial charge in [0.1, 0.15) is 5.25 Å². The van der Waals surface area contributed by atoms with Gasteiger partial charge in [-0.3, -0.25) is 19.7 Å². The maximum atomic E-state index is 11.6. The summed E-state index contributed by atoms with van der Waals surface area (Å²) in [6.07, 6.45) is 0.234. The van der Waals surface area contributed by atoms with Crippen LogP contribution in [0.2, 0.25) is 0 Å². The van der Waals surface area contributed by atoms with Crippen molar-refractivity contribution in [1.29, 1.82) is 0 Å². The lowest BCUT2D eigenvalue weighted by Gasteiger charge is -2.11. The number of carbonyl (C=O) groups is 2. The van der Waals surface area contributed by atoms with Gasteiger partial charge in [-0.1, -0.05) is 30.8 Å². The molecule has 0 aliphatic rings. The fourth-order valence-electron chi connectivity index (χ4n) is 1.40. The van der Waals surface area contributed by atoms with Crippen LogP contribution in [0.15, 0.2) is 29.2 Å². The molecule has 1 atom stereocenters. The van der Waals surface area contributed by atoms with Gasteiger partial charge >= 0.3 is 0 Å². The van der Waals surface area contributed by atoms with Crippen LogP contribution in [0.5, 0.6) is 0 Å². The number of nitro groups is 1. The van der Waals surface area contributed by atoms with Crippen molar-refractivity contribution in [1.82, 2.24) is 0 Å². The van der Waals surface area contributed by atoms with Crippen molar-refractivity contribution in [3.8, 4) is 0 Å². The summed E-state index contributed by atoms with van der Waals surface area (Å²) >= 11 is 0.944. The minimum Gasteiger partial charge on any atom is -0.298 e. The van der Waals surface area contributed by atoms with Crippen LogP contribution in [0.4, 0.5) is 5.69 Å². The van der Waals surface area contributed by atoms with Crippen LogP contribution in [0.25, 0.3) is 0 Å². The van der Waals surface area contributed by atoms with Crippen molar-refractivity contribution in [3.05, 3.63) is 34.4 Å². The van der Waals surface area contributed by atoms with Gasteiger partial charge in [-0.25, -0.2) is 0 Å². The van der Waals surface area contributed by atoms with Crippen LogP contribution in [-0.2, 0) is 9.59 Å². The number of benzene rings is 1. The number of nitro benzene ring substituents is 1. The second-order valence-electron chi connectivity index (χ2n) is 3.65. The topological polar surface area (TPSA) is 77.3 Å². The summed E-state index contributed by atoms with van der Waals surface area (Å²) < 4.78 is 0. The van der Waals surface area contributed by atoms with Gasteiger partial charge in [-0.2, -0.15) is 0 Å². The van der Waals surface area contributed by atoms with Gasteiger partial charge in [0.15, 0.2) is 11.6 Å². The van der Waals surface area contributed by atoms with E-state index in [0.717, 1.165) is 11.8 Å². The van der Waals surface area contributed by atoms with E-state index in [2.05, 4.69) is 0 Å². The molecule has 0 amide bonds. The lowest BCUT2D eigenvalue weighted by Crippen LogP contribution is -2.24. The van der Waals surface area contributed by atoms with Crippen LogP contribution >= 0.6 is 11.8 Å². The van der Waals surface area contributed by atoms with Crippen molar-refractivity contribution in [2.45, 2.75) is 30.4 Å². The number of ketones is 2. The largest absolute Gasteiger partial charge is 0.298 e. The molecule has 0 heterocycles. The van der Waals surface area contributed by atoms with Crippen molar-refractivity contribution in [2.75, 3.05) is 0 Å². The summed E-state index contributed by atoms with van der Waals surface area (Å²) in [6.45, 7) is 2.98. The van der Waals surface area contributed by atoms with Crippen molar-refractivity contribution in [2.24, 2.45) is 0 Å². The Hall–Kier alpha value is -1.69. The molecule has 1 rings (SSSR count). The Labute approximate surface area is 109 Å². The molecule has 0 fully saturated rings. The quantitative estimate of drug-likeness (QED) is 0.342. The standard InChI is InChI=1S/C12H13NO4S/c1-3-10(15)12(8(2)14)18-11-7-5-4-6-9(11)13(16)17/h4-7,12H,3H2,1-2H3/t12-/m1/s1. The average Bonchev–Trinajstić information content (AvgIpc) is 2.34. The van der Waals surface area contributed by atoms with E-state index in [0.29, 0.717) is 4.90 Å². The molecule has 1 aromatic carbocycles. The van der Waals surface area contributed by atoms with Gasteiger partial charge in [0.05, 0.1) is 9.82 Å². The molecule has 0 N–H and O–H groups in total. The van der Waals surface area contributed by atoms with Gasteiger partial charge in [-0.05, 0) is 13.0 Å². The van der Waals surface area contributed by atoms with E-state index in [1.54, 1.807) is 25.1 Å². The van der Waals surface area contributed by atoms with Crippen LogP contribution in [0.1, 0.15) is 20.3 Å². The zero-order valence-electron chi connectivity index (χ0n) is 10.1. The number of thioether (sulfide) groups is 1. The molecular weight excluding hydrogens is 254 g/mol. The Morgan fingerprint density at radius 2 is 2.00 bits per heavy atom. The lowest BCUT2D eigenvalue weighted by atomic mass is 10.2. The second kappa shape index (κ2) is 6.30. The summed E-state index contributed by atoms with van der Waals surface area (Å²) in [5, 5.41) is 9.97. The summed E-state index contributed by atoms with van der Waals surface area (Å²) in [7, 11) is 0. The van der Waals surface area contributed by atoms with Crippen molar-refractivity contribution >= 4 is 29.0 Å². The average molecular weight is 267 g/mol. The van der Waals surface area contributed by atoms with Gasteiger partial charge in [0.2, 0.25) is 0 Å². The third-order valence-corrected chi connectivity index (χ3v) is 3.75. The maximum Gasteiger partial charge on any atom is 0.282 e. The summed E-state index contributed by atoms with van der Waals surface area (Å²) in [4.78, 5) is 33.7. The van der Waals surface area contributed by atoms with Gasteiger partial charge < -0.3 is 0 Å². The van der Waals surface area contributed by atoms with E-state index >= 15 is 0 Å². The molecule has 0 aliphatic carbocycles. The molecule has 1 aromatic rings. The zero-order valence-corrected chi connectivity index (χ0v) is 10.9. The molecule has 96 valence electrons. The minimum absolute atomic E-state index is 0.0855. The molecule has 0 aliphatic heterocycles. The first kappa shape index (κ1) is 14.4. The molecular formula is C12H13NO4S. The normalized spacial score (nSPS) is 11.9. The van der Waals surface area contributed by atoms with E-state index < -0.39 is 10.2 Å². The third kappa shape index (κ3) is 3.40. The monoisotopic (exact) mass is 267 g/mol. The molecule has 0 bridgehead atoms. The molecule has 0 unspecified atom stereocenters. The minimum atomic E-state index is -0.865. The highest BCUT2D eigenvalue weighted by Gasteiger charge is 2.26. The summed E-state index contributed by atoms with van der Waals surface area (Å²) in [6, 6.07) is 6.09. The van der Waals surface area contributed by atoms with Gasteiger partial charge in [-0.15, -0.1) is 0 Å². The number of hydrogen-bond donors (Lipinski definition) is 0. The fourth-order valence-corrected chi connectivity index (χ4v) is 2.53. The number of carbonyl (C=O) groups excluding carboxylic acids is 2. The number of rotatable bonds is 6. The Balaban J connectivity index is 3.05. The van der Waals surface area contributed by atoms with E-state index in [1.807, 2.05) is 0 Å². The van der Waals surface area contributed by atoms with E-state index in [-0.39, 0.29) is 23.7 Å². The smallest absolute Gasteiger partial charge is 0.282 e. The molecule has 0 radical (unpaired) electrons. The molecule has 0 spiro atoms. The first-order valence-electron chi connectivity index (χ1n) is 5.40. The lowest BCUT2D eigenvalue weighted by molar-refractivity contribution is -0.387. The van der Waals surface area contributed by atoms with Gasteiger partial charge in [0.25, 0.3) is 5.69 Å². The molecule has 18 heavy (non-hydrogen) atoms. The highest BCUT2D eigenvalue weighted by Crippen LogP contribution is 2.32. The first-order valence-corrected chi connectivity index (χ1v) is 6.28. The van der Waals surface area contributed by atoms with Crippen LogP contribution in [-0.4, -0.2) is 21.7 Å². The second-order valence-corrected chi connectivity index (χ2v) is 4.80. The Morgan fingerprint density at radius 1 is 1.39 bits per heavy atom. The highest BCUT2D eigenvalue weighted by atomic mass is 32.2. The Morgan fingerprint density at radius 3 is 2.50 bits per heavy atom. The molecule has 0 aromatic heterocycles. The third-order valence-electron chi connectivity index (χ3n) is 2.32. The van der Waals surface area contributed by atoms with Crippen LogP contribution in [0, 0.1) is 10.1 Å². The molecule has 6 heteroatoms. The SMILES string of the molecule is CCC(=O)[C@H](Sc1ccccc1[N+](=O)[O-])C(C)=O. The number of hydrogen-bond acceptors (Lipinski definition) is 5. The van der Waals surface area contributed by atoms with Crippen LogP contribution in [0.3, 0.4) is 0 Å². The number of Topliss-reactive ketones (excluding diaryl/α,β-unsaturated/α-hetero) is 2. The Kier molecular flexibility index (Phi) is 5.03. The highest BCUT2D eigenvalue weighted by molar-refractivity contribution is 8.01. The maximum absolute atomic E-state index is 11.6. The van der Waals surface area contributed by atoms with Gasteiger partial charge in [0, 0.05) is 12.5 Å². The fraction of sp³-hybridized carbons (Fsp3) is 0.333.